The Morgan fingerprint density at radius 2 is 1.91 bits per heavy atom. The molecule has 0 aromatic carbocycles. The van der Waals surface area contributed by atoms with E-state index in [-0.39, 0.29) is 0 Å². The Hall–Kier alpha value is -3.35. The highest BCUT2D eigenvalue weighted by atomic mass is 32.1. The van der Waals surface area contributed by atoms with Gasteiger partial charge in [0.2, 0.25) is 17.7 Å². The zero-order valence-electron chi connectivity index (χ0n) is 27.0. The standard InChI is InChI=1S/C32H45N11O2S/c1-32(7-3-6-25-27(32)23(19-33)28(34)46-25)30-38-29(39-45-30)24-18-26(42-15-13-41(14-16-42)22-20-35-21-22)37-31(36-24)43-10-4-8-40(11-12-43)9-5-17-44-2/h18,22,35H,3-17,20-21,34H2,1-2H3/t32-/m0/s1. The highest BCUT2D eigenvalue weighted by Gasteiger charge is 2.43. The first-order chi connectivity index (χ1) is 22.5. The van der Waals surface area contributed by atoms with Gasteiger partial charge in [0.15, 0.2) is 0 Å². The van der Waals surface area contributed by atoms with Crippen LogP contribution in [0.25, 0.3) is 11.5 Å². The first-order valence-corrected chi connectivity index (χ1v) is 17.5. The van der Waals surface area contributed by atoms with E-state index >= 15 is 0 Å². The van der Waals surface area contributed by atoms with Crippen molar-refractivity contribution >= 4 is 28.1 Å². The fraction of sp³-hybridized carbons (Fsp3) is 0.656. The third-order valence-corrected chi connectivity index (χ3v) is 11.3. The Morgan fingerprint density at radius 3 is 2.67 bits per heavy atom. The lowest BCUT2D eigenvalue weighted by molar-refractivity contribution is 0.137. The van der Waals surface area contributed by atoms with Gasteiger partial charge in [-0.1, -0.05) is 5.16 Å². The fourth-order valence-electron chi connectivity index (χ4n) is 7.38. The Morgan fingerprint density at radius 1 is 1.09 bits per heavy atom. The molecule has 3 aliphatic heterocycles. The minimum atomic E-state index is -0.583. The number of hydrogen-bond donors (Lipinski definition) is 2. The number of thiophene rings is 1. The summed E-state index contributed by atoms with van der Waals surface area (Å²) in [5, 5.41) is 18.4. The van der Waals surface area contributed by atoms with E-state index in [9.17, 15) is 5.26 Å². The SMILES string of the molecule is COCCCN1CCCN(c2nc(-c3noc([C@@]4(C)CCCc5sc(N)c(C#N)c54)n3)cc(N3CCN(C4CNC4)CC3)n2)CC1. The third kappa shape index (κ3) is 6.06. The van der Waals surface area contributed by atoms with Crippen molar-refractivity contribution in [3.05, 3.63) is 28.0 Å². The van der Waals surface area contributed by atoms with E-state index in [2.05, 4.69) is 43.1 Å². The van der Waals surface area contributed by atoms with Crippen molar-refractivity contribution in [3.63, 3.8) is 0 Å². The number of aryl methyl sites for hydroxylation is 1. The molecule has 1 aliphatic carbocycles. The maximum absolute atomic E-state index is 9.96. The molecular weight excluding hydrogens is 602 g/mol. The highest BCUT2D eigenvalue weighted by Crippen LogP contribution is 2.48. The molecule has 4 aliphatic rings. The minimum absolute atomic E-state index is 0.449. The molecule has 0 bridgehead atoms. The molecule has 3 aromatic heterocycles. The molecule has 6 heterocycles. The van der Waals surface area contributed by atoms with E-state index in [4.69, 9.17) is 29.9 Å². The van der Waals surface area contributed by atoms with Crippen molar-refractivity contribution in [3.8, 4) is 17.6 Å². The Labute approximate surface area is 274 Å². The second-order valence-electron chi connectivity index (χ2n) is 13.1. The van der Waals surface area contributed by atoms with E-state index < -0.39 is 5.41 Å². The molecular formula is C32H45N11O2S. The topological polar surface area (TPSA) is 149 Å². The number of nitriles is 1. The van der Waals surface area contributed by atoms with Crippen LogP contribution in [0.3, 0.4) is 0 Å². The summed E-state index contributed by atoms with van der Waals surface area (Å²) in [5.41, 5.74) is 7.84. The van der Waals surface area contributed by atoms with Gasteiger partial charge in [0.05, 0.1) is 11.0 Å². The van der Waals surface area contributed by atoms with Crippen LogP contribution in [0.4, 0.5) is 16.8 Å². The predicted octanol–water partition coefficient (Wildman–Crippen LogP) is 2.33. The summed E-state index contributed by atoms with van der Waals surface area (Å²) in [7, 11) is 1.76. The lowest BCUT2D eigenvalue weighted by Crippen LogP contribution is -2.61. The van der Waals surface area contributed by atoms with Gasteiger partial charge < -0.3 is 35.0 Å². The molecule has 14 heteroatoms. The maximum atomic E-state index is 9.96. The minimum Gasteiger partial charge on any atom is -0.389 e. The monoisotopic (exact) mass is 647 g/mol. The summed E-state index contributed by atoms with van der Waals surface area (Å²) in [5.74, 6) is 2.57. The molecule has 0 radical (unpaired) electrons. The van der Waals surface area contributed by atoms with Gasteiger partial charge in [-0.25, -0.2) is 4.98 Å². The summed E-state index contributed by atoms with van der Waals surface area (Å²) in [4.78, 5) is 26.1. The van der Waals surface area contributed by atoms with Crippen LogP contribution in [0.15, 0.2) is 10.6 Å². The number of nitrogens with zero attached hydrogens (tertiary/aromatic N) is 9. The van der Waals surface area contributed by atoms with Gasteiger partial charge in [-0.3, -0.25) is 4.90 Å². The van der Waals surface area contributed by atoms with Crippen LogP contribution in [0.1, 0.15) is 54.5 Å². The molecule has 3 N–H and O–H groups in total. The average Bonchev–Trinajstić information content (AvgIpc) is 3.60. The van der Waals surface area contributed by atoms with Crippen LogP contribution >= 0.6 is 11.3 Å². The van der Waals surface area contributed by atoms with Crippen molar-refractivity contribution in [2.45, 2.75) is 50.5 Å². The molecule has 0 amide bonds. The average molecular weight is 648 g/mol. The molecule has 0 spiro atoms. The molecule has 1 atom stereocenters. The number of methoxy groups -OCH3 is 1. The van der Waals surface area contributed by atoms with Crippen molar-refractivity contribution in [2.24, 2.45) is 0 Å². The van der Waals surface area contributed by atoms with Gasteiger partial charge in [-0.15, -0.1) is 11.3 Å². The molecule has 3 saturated heterocycles. The van der Waals surface area contributed by atoms with Crippen molar-refractivity contribution < 1.29 is 9.26 Å². The molecule has 3 aromatic rings. The van der Waals surface area contributed by atoms with Crippen LogP contribution in [0, 0.1) is 11.3 Å². The van der Waals surface area contributed by atoms with Crippen LogP contribution in [0.5, 0.6) is 0 Å². The first-order valence-electron chi connectivity index (χ1n) is 16.7. The van der Waals surface area contributed by atoms with Gasteiger partial charge in [0, 0.05) is 102 Å². The third-order valence-electron chi connectivity index (χ3n) is 10.2. The highest BCUT2D eigenvalue weighted by molar-refractivity contribution is 7.16. The lowest BCUT2D eigenvalue weighted by atomic mass is 9.72. The molecule has 13 nitrogen and oxygen atoms in total. The summed E-state index contributed by atoms with van der Waals surface area (Å²) in [6, 6.07) is 5.00. The van der Waals surface area contributed by atoms with Crippen molar-refractivity contribution in [2.75, 3.05) is 101 Å². The zero-order chi connectivity index (χ0) is 31.7. The quantitative estimate of drug-likeness (QED) is 0.328. The van der Waals surface area contributed by atoms with E-state index in [1.54, 1.807) is 7.11 Å². The Balaban J connectivity index is 1.18. The summed E-state index contributed by atoms with van der Waals surface area (Å²) in [6.07, 6.45) is 4.76. The summed E-state index contributed by atoms with van der Waals surface area (Å²) in [6.45, 7) is 13.7. The first kappa shape index (κ1) is 31.3. The number of hydrogen-bond acceptors (Lipinski definition) is 14. The van der Waals surface area contributed by atoms with Crippen LogP contribution < -0.4 is 20.9 Å². The Kier molecular flexibility index (Phi) is 9.11. The molecule has 3 fully saturated rings. The van der Waals surface area contributed by atoms with E-state index in [0.717, 1.165) is 127 Å². The van der Waals surface area contributed by atoms with Gasteiger partial charge in [-0.05, 0) is 45.6 Å². The number of piperazine rings is 1. The maximum Gasteiger partial charge on any atom is 0.237 e. The number of aromatic nitrogens is 4. The second kappa shape index (κ2) is 13.4. The van der Waals surface area contributed by atoms with Crippen LogP contribution in [-0.2, 0) is 16.6 Å². The molecule has 0 saturated carbocycles. The number of nitrogens with two attached hydrogens (primary N) is 1. The van der Waals surface area contributed by atoms with Gasteiger partial charge in [-0.2, -0.15) is 15.2 Å². The van der Waals surface area contributed by atoms with Crippen LogP contribution in [-0.4, -0.2) is 122 Å². The van der Waals surface area contributed by atoms with E-state index in [1.165, 1.54) is 11.3 Å². The number of anilines is 3. The fourth-order valence-corrected chi connectivity index (χ4v) is 8.57. The van der Waals surface area contributed by atoms with Crippen molar-refractivity contribution in [1.29, 1.82) is 5.26 Å². The number of fused-ring (bicyclic) bond motifs is 1. The van der Waals surface area contributed by atoms with Gasteiger partial charge in [0.1, 0.15) is 22.6 Å². The predicted molar refractivity (Wildman–Crippen MR) is 178 cm³/mol. The van der Waals surface area contributed by atoms with Gasteiger partial charge in [0.25, 0.3) is 0 Å². The smallest absolute Gasteiger partial charge is 0.237 e. The molecule has 0 unspecified atom stereocenters. The van der Waals surface area contributed by atoms with E-state index in [0.29, 0.717) is 40.0 Å². The summed E-state index contributed by atoms with van der Waals surface area (Å²) < 4.78 is 11.3. The van der Waals surface area contributed by atoms with Crippen molar-refractivity contribution in [1.82, 2.24) is 35.2 Å². The van der Waals surface area contributed by atoms with Gasteiger partial charge >= 0.3 is 0 Å². The second-order valence-corrected chi connectivity index (χ2v) is 14.3. The molecule has 46 heavy (non-hydrogen) atoms. The number of rotatable bonds is 9. The summed E-state index contributed by atoms with van der Waals surface area (Å²) >= 11 is 1.51. The normalized spacial score (nSPS) is 23.2. The largest absolute Gasteiger partial charge is 0.389 e. The number of nitrogen functional groups attached to an aromatic ring is 1. The number of ether oxygens (including phenoxy) is 1. The molecule has 7 rings (SSSR count). The van der Waals surface area contributed by atoms with Crippen LogP contribution in [0.2, 0.25) is 0 Å². The van der Waals surface area contributed by atoms with E-state index in [1.807, 2.05) is 6.07 Å². The zero-order valence-corrected chi connectivity index (χ0v) is 27.8. The molecule has 246 valence electrons. The number of nitrogens with one attached hydrogen (secondary N) is 1. The Bertz CT molecular complexity index is 1560. The lowest BCUT2D eigenvalue weighted by Gasteiger charge is -2.43.